The first-order valence-corrected chi connectivity index (χ1v) is 5.30. The monoisotopic (exact) mass is 231 g/mol. The molecule has 4 nitrogen and oxygen atoms in total. The van der Waals surface area contributed by atoms with E-state index < -0.39 is 0 Å². The molecule has 0 amide bonds. The summed E-state index contributed by atoms with van der Waals surface area (Å²) in [7, 11) is 0. The number of aliphatic imine (C=N–C) groups is 1. The highest BCUT2D eigenvalue weighted by molar-refractivity contribution is 5.82. The van der Waals surface area contributed by atoms with E-state index >= 15 is 0 Å². The summed E-state index contributed by atoms with van der Waals surface area (Å²) >= 11 is 0. The summed E-state index contributed by atoms with van der Waals surface area (Å²) in [6.07, 6.45) is 4.46. The minimum absolute atomic E-state index is 0.0766. The first-order valence-electron chi connectivity index (χ1n) is 5.30. The number of nitrogens with one attached hydrogen (secondary N) is 1. The Kier molecular flexibility index (Phi) is 3.78. The Morgan fingerprint density at radius 3 is 2.71 bits per heavy atom. The Hall–Kier alpha value is -1.97. The third-order valence-corrected chi connectivity index (χ3v) is 2.38. The van der Waals surface area contributed by atoms with Crippen molar-refractivity contribution >= 4 is 18.0 Å². The molecule has 0 saturated heterocycles. The molecule has 0 radical (unpaired) electrons. The smallest absolute Gasteiger partial charge is 0.299 e. The first-order chi connectivity index (χ1) is 7.86. The lowest BCUT2D eigenvalue weighted by atomic mass is 9.88. The van der Waals surface area contributed by atoms with Crippen LogP contribution in [0.2, 0.25) is 0 Å². The van der Waals surface area contributed by atoms with Crippen LogP contribution in [0.1, 0.15) is 26.5 Å². The fourth-order valence-electron chi connectivity index (χ4n) is 1.02. The number of H-pyrrole nitrogens is 1. The summed E-state index contributed by atoms with van der Waals surface area (Å²) in [6.45, 7) is 13.6. The summed E-state index contributed by atoms with van der Waals surface area (Å²) < 4.78 is 0. The molecule has 0 spiro atoms. The van der Waals surface area contributed by atoms with Crippen LogP contribution in [0, 0.1) is 5.41 Å². The fraction of sp³-hybridized carbons (Fsp3) is 0.308. The second-order valence-corrected chi connectivity index (χ2v) is 4.71. The van der Waals surface area contributed by atoms with Crippen LogP contribution < -0.4 is 5.56 Å². The second kappa shape index (κ2) is 4.91. The van der Waals surface area contributed by atoms with E-state index in [-0.39, 0.29) is 16.7 Å². The van der Waals surface area contributed by atoms with Gasteiger partial charge in [0, 0.05) is 6.21 Å². The van der Waals surface area contributed by atoms with E-state index in [0.717, 1.165) is 5.57 Å². The molecule has 0 saturated carbocycles. The van der Waals surface area contributed by atoms with Crippen LogP contribution in [0.15, 0.2) is 34.8 Å². The quantitative estimate of drug-likeness (QED) is 0.813. The number of hydrogen-bond donors (Lipinski definition) is 1. The van der Waals surface area contributed by atoms with Crippen molar-refractivity contribution in [2.24, 2.45) is 10.4 Å². The molecule has 1 rings (SSSR count). The number of allylic oxidation sites excluding steroid dienone is 1. The Labute approximate surface area is 101 Å². The Morgan fingerprint density at radius 1 is 1.53 bits per heavy atom. The Bertz CT molecular complexity index is 518. The van der Waals surface area contributed by atoms with Gasteiger partial charge in [0.05, 0.1) is 12.0 Å². The molecule has 0 aliphatic rings. The van der Waals surface area contributed by atoms with Crippen LogP contribution in [0.5, 0.6) is 0 Å². The van der Waals surface area contributed by atoms with Crippen LogP contribution in [-0.4, -0.2) is 16.2 Å². The minimum atomic E-state index is -0.378. The Balaban J connectivity index is 3.12. The molecule has 0 aliphatic heterocycles. The molecule has 0 fully saturated rings. The Morgan fingerprint density at radius 2 is 2.18 bits per heavy atom. The number of aromatic nitrogens is 2. The molecule has 90 valence electrons. The molecular formula is C13H17N3O. The lowest BCUT2D eigenvalue weighted by Crippen LogP contribution is -2.11. The van der Waals surface area contributed by atoms with Crippen molar-refractivity contribution in [1.29, 1.82) is 0 Å². The lowest BCUT2D eigenvalue weighted by Gasteiger charge is -2.17. The van der Waals surface area contributed by atoms with Gasteiger partial charge < -0.3 is 4.98 Å². The molecule has 1 N–H and O–H groups in total. The average molecular weight is 231 g/mol. The predicted molar refractivity (Wildman–Crippen MR) is 71.7 cm³/mol. The average Bonchev–Trinajstić information content (AvgIpc) is 2.25. The van der Waals surface area contributed by atoms with Gasteiger partial charge in [-0.3, -0.25) is 4.79 Å². The molecule has 1 heterocycles. The normalized spacial score (nSPS) is 11.7. The van der Waals surface area contributed by atoms with Crippen molar-refractivity contribution in [2.75, 3.05) is 0 Å². The zero-order chi connectivity index (χ0) is 13.1. The van der Waals surface area contributed by atoms with Crippen molar-refractivity contribution in [3.05, 3.63) is 41.1 Å². The minimum Gasteiger partial charge on any atom is -0.344 e. The van der Waals surface area contributed by atoms with Gasteiger partial charge in [0.15, 0.2) is 5.69 Å². The number of rotatable bonds is 3. The van der Waals surface area contributed by atoms with E-state index in [1.165, 1.54) is 12.4 Å². The van der Waals surface area contributed by atoms with Gasteiger partial charge in [0.2, 0.25) is 0 Å². The van der Waals surface area contributed by atoms with Gasteiger partial charge in [-0.2, -0.15) is 4.98 Å². The van der Waals surface area contributed by atoms with Crippen LogP contribution in [-0.2, 0) is 0 Å². The molecule has 0 atom stereocenters. The van der Waals surface area contributed by atoms with E-state index in [0.29, 0.717) is 5.69 Å². The summed E-state index contributed by atoms with van der Waals surface area (Å²) in [5, 5.41) is 0. The first kappa shape index (κ1) is 13.1. The zero-order valence-electron chi connectivity index (χ0n) is 10.4. The van der Waals surface area contributed by atoms with E-state index in [9.17, 15) is 4.79 Å². The molecule has 1 aromatic heterocycles. The summed E-state index contributed by atoms with van der Waals surface area (Å²) in [5.41, 5.74) is 1.20. The molecule has 1 aromatic rings. The number of nitrogens with zero attached hydrogens (tertiary/aromatic N) is 2. The van der Waals surface area contributed by atoms with Gasteiger partial charge >= 0.3 is 0 Å². The maximum Gasteiger partial charge on any atom is 0.299 e. The standard InChI is InChI=1S/C13H17N3O/c1-6-10-11(12(17)16-8-15-10)14-7-9(2)13(3,4)5/h6-8H,1-2H2,3-5H3,(H,15,16,17)/b14-7-. The maximum atomic E-state index is 11.5. The largest absolute Gasteiger partial charge is 0.344 e. The molecule has 0 aliphatic carbocycles. The van der Waals surface area contributed by atoms with E-state index in [1.807, 2.05) is 20.8 Å². The summed E-state index contributed by atoms with van der Waals surface area (Å²) in [6, 6.07) is 0. The predicted octanol–water partition coefficient (Wildman–Crippen LogP) is 2.72. The van der Waals surface area contributed by atoms with E-state index in [1.54, 1.807) is 6.21 Å². The molecule has 0 aromatic carbocycles. The third kappa shape index (κ3) is 3.24. The number of aromatic amines is 1. The van der Waals surface area contributed by atoms with Crippen LogP contribution in [0.3, 0.4) is 0 Å². The molecule has 4 heteroatoms. The van der Waals surface area contributed by atoms with Crippen molar-refractivity contribution in [2.45, 2.75) is 20.8 Å². The SMILES string of the molecule is C=Cc1[nH]cnc(=O)c1/N=C\C(=C)C(C)(C)C. The zero-order valence-corrected chi connectivity index (χ0v) is 10.4. The van der Waals surface area contributed by atoms with Gasteiger partial charge in [-0.05, 0) is 17.1 Å². The van der Waals surface area contributed by atoms with Crippen molar-refractivity contribution in [3.8, 4) is 0 Å². The van der Waals surface area contributed by atoms with Crippen LogP contribution in [0.4, 0.5) is 5.69 Å². The molecule has 0 bridgehead atoms. The van der Waals surface area contributed by atoms with Crippen molar-refractivity contribution < 1.29 is 0 Å². The van der Waals surface area contributed by atoms with E-state index in [4.69, 9.17) is 0 Å². The van der Waals surface area contributed by atoms with Gasteiger partial charge in [-0.15, -0.1) is 0 Å². The number of hydrogen-bond acceptors (Lipinski definition) is 3. The topological polar surface area (TPSA) is 58.1 Å². The summed E-state index contributed by atoms with van der Waals surface area (Å²) in [5.74, 6) is 0. The maximum absolute atomic E-state index is 11.5. The van der Waals surface area contributed by atoms with Crippen LogP contribution >= 0.6 is 0 Å². The molecular weight excluding hydrogens is 214 g/mol. The van der Waals surface area contributed by atoms with Gasteiger partial charge in [-0.25, -0.2) is 4.99 Å². The summed E-state index contributed by atoms with van der Waals surface area (Å²) in [4.78, 5) is 22.1. The van der Waals surface area contributed by atoms with Crippen molar-refractivity contribution in [1.82, 2.24) is 9.97 Å². The van der Waals surface area contributed by atoms with Gasteiger partial charge in [0.1, 0.15) is 0 Å². The van der Waals surface area contributed by atoms with Gasteiger partial charge in [0.25, 0.3) is 5.56 Å². The second-order valence-electron chi connectivity index (χ2n) is 4.71. The third-order valence-electron chi connectivity index (χ3n) is 2.38. The van der Waals surface area contributed by atoms with Gasteiger partial charge in [-0.1, -0.05) is 33.9 Å². The highest BCUT2D eigenvalue weighted by Gasteiger charge is 2.13. The fourth-order valence-corrected chi connectivity index (χ4v) is 1.02. The highest BCUT2D eigenvalue weighted by atomic mass is 16.1. The molecule has 17 heavy (non-hydrogen) atoms. The molecule has 0 unspecified atom stereocenters. The highest BCUT2D eigenvalue weighted by Crippen LogP contribution is 2.22. The van der Waals surface area contributed by atoms with Crippen LogP contribution in [0.25, 0.3) is 6.08 Å². The lowest BCUT2D eigenvalue weighted by molar-refractivity contribution is 0.528. The van der Waals surface area contributed by atoms with Crippen molar-refractivity contribution in [3.63, 3.8) is 0 Å². The van der Waals surface area contributed by atoms with E-state index in [2.05, 4.69) is 28.1 Å².